The first-order chi connectivity index (χ1) is 13.7. The van der Waals surface area contributed by atoms with Crippen LogP contribution in [0.4, 0.5) is 9.80 Å². The molecule has 0 unspecified atom stereocenters. The summed E-state index contributed by atoms with van der Waals surface area (Å²) in [5.74, 6) is 0.495. The fourth-order valence-corrected chi connectivity index (χ4v) is 6.15. The number of rotatable bonds is 2. The number of hydrogen-bond acceptors (Lipinski definition) is 5. The van der Waals surface area contributed by atoms with E-state index < -0.39 is 0 Å². The van der Waals surface area contributed by atoms with Crippen molar-refractivity contribution in [2.24, 2.45) is 5.92 Å². The zero-order chi connectivity index (χ0) is 18.7. The number of carbonyl (C=O) groups excluding carboxylic acids is 1. The summed E-state index contributed by atoms with van der Waals surface area (Å²) < 4.78 is 6.02. The Labute approximate surface area is 167 Å². The molecule has 2 bridgehead atoms. The van der Waals surface area contributed by atoms with E-state index in [1.54, 1.807) is 11.3 Å². The van der Waals surface area contributed by atoms with Crippen molar-refractivity contribution >= 4 is 33.3 Å². The zero-order valence-corrected chi connectivity index (χ0v) is 16.3. The molecule has 6 heteroatoms. The lowest BCUT2D eigenvalue weighted by Gasteiger charge is -2.49. The highest BCUT2D eigenvalue weighted by Crippen LogP contribution is 2.45. The molecular weight excluding hydrogens is 370 g/mol. The summed E-state index contributed by atoms with van der Waals surface area (Å²) >= 11 is 1.65. The average Bonchev–Trinajstić information content (AvgIpc) is 3.33. The monoisotopic (exact) mass is 391 g/mol. The third-order valence-corrected chi connectivity index (χ3v) is 7.67. The van der Waals surface area contributed by atoms with Gasteiger partial charge in [0.2, 0.25) is 0 Å². The van der Waals surface area contributed by atoms with Crippen molar-refractivity contribution in [3.63, 3.8) is 0 Å². The molecule has 0 aliphatic carbocycles. The highest BCUT2D eigenvalue weighted by atomic mass is 32.1. The Bertz CT molecular complexity index is 1070. The van der Waals surface area contributed by atoms with Crippen LogP contribution in [-0.4, -0.2) is 47.8 Å². The van der Waals surface area contributed by atoms with Crippen LogP contribution in [0.25, 0.3) is 21.3 Å². The average molecular weight is 391 g/mol. The molecule has 4 saturated heterocycles. The van der Waals surface area contributed by atoms with Crippen molar-refractivity contribution in [1.82, 2.24) is 9.88 Å². The Kier molecular flexibility index (Phi) is 3.55. The smallest absolute Gasteiger partial charge is 0.415 e. The molecule has 0 N–H and O–H groups in total. The van der Waals surface area contributed by atoms with Crippen molar-refractivity contribution < 1.29 is 9.53 Å². The number of anilines is 1. The minimum absolute atomic E-state index is 0.193. The van der Waals surface area contributed by atoms with E-state index in [1.807, 2.05) is 29.3 Å². The molecule has 1 aromatic carbocycles. The van der Waals surface area contributed by atoms with E-state index in [9.17, 15) is 4.79 Å². The minimum atomic E-state index is -0.318. The van der Waals surface area contributed by atoms with Gasteiger partial charge in [0.05, 0.1) is 12.1 Å². The van der Waals surface area contributed by atoms with Crippen LogP contribution in [0, 0.1) is 5.92 Å². The second-order valence-corrected chi connectivity index (χ2v) is 9.15. The number of piperidine rings is 3. The van der Waals surface area contributed by atoms with Gasteiger partial charge in [-0.1, -0.05) is 18.2 Å². The molecule has 2 aromatic heterocycles. The van der Waals surface area contributed by atoms with Gasteiger partial charge in [0.15, 0.2) is 0 Å². The van der Waals surface area contributed by atoms with E-state index in [0.717, 1.165) is 58.8 Å². The maximum absolute atomic E-state index is 12.8. The molecule has 5 nitrogen and oxygen atoms in total. The number of thiophene rings is 1. The molecule has 1 atom stereocenters. The van der Waals surface area contributed by atoms with E-state index >= 15 is 0 Å². The highest BCUT2D eigenvalue weighted by molar-refractivity contribution is 7.19. The van der Waals surface area contributed by atoms with E-state index in [4.69, 9.17) is 4.74 Å². The second kappa shape index (κ2) is 6.03. The molecule has 142 valence electrons. The first kappa shape index (κ1) is 16.5. The Balaban J connectivity index is 1.33. The van der Waals surface area contributed by atoms with Crippen LogP contribution >= 0.6 is 11.3 Å². The number of pyridine rings is 1. The molecule has 1 spiro atoms. The van der Waals surface area contributed by atoms with Gasteiger partial charge in [0.1, 0.15) is 10.6 Å². The minimum Gasteiger partial charge on any atom is -0.439 e. The summed E-state index contributed by atoms with van der Waals surface area (Å²) in [5.41, 5.74) is 1.83. The molecule has 4 aliphatic rings. The van der Waals surface area contributed by atoms with Gasteiger partial charge in [0.25, 0.3) is 0 Å². The maximum Gasteiger partial charge on any atom is 0.415 e. The molecule has 7 rings (SSSR count). The number of hydrogen-bond donors (Lipinski definition) is 0. The Morgan fingerprint density at radius 2 is 1.96 bits per heavy atom. The SMILES string of the molecule is O=C1O[C@]2(CN3CCC2CC3)CN1c1ccc(-c2cccc3ncccc23)s1. The Morgan fingerprint density at radius 1 is 1.07 bits per heavy atom. The normalized spacial score (nSPS) is 29.0. The summed E-state index contributed by atoms with van der Waals surface area (Å²) in [6.07, 6.45) is 3.90. The fraction of sp³-hybridized carbons (Fsp3) is 0.364. The molecule has 4 aliphatic heterocycles. The number of fused-ring (bicyclic) bond motifs is 3. The van der Waals surface area contributed by atoms with Gasteiger partial charge in [-0.3, -0.25) is 14.8 Å². The lowest BCUT2D eigenvalue weighted by molar-refractivity contribution is -0.0881. The number of carbonyl (C=O) groups is 1. The van der Waals surface area contributed by atoms with E-state index in [0.29, 0.717) is 12.5 Å². The van der Waals surface area contributed by atoms with Gasteiger partial charge in [-0.15, -0.1) is 11.3 Å². The molecule has 6 heterocycles. The molecule has 3 aromatic rings. The molecule has 28 heavy (non-hydrogen) atoms. The first-order valence-electron chi connectivity index (χ1n) is 9.89. The van der Waals surface area contributed by atoms with Crippen LogP contribution in [0.5, 0.6) is 0 Å². The van der Waals surface area contributed by atoms with Crippen molar-refractivity contribution in [2.75, 3.05) is 31.1 Å². The van der Waals surface area contributed by atoms with Crippen molar-refractivity contribution in [3.05, 3.63) is 48.7 Å². The van der Waals surface area contributed by atoms with Gasteiger partial charge in [0, 0.05) is 34.5 Å². The predicted octanol–water partition coefficient (Wildman–Crippen LogP) is 4.38. The third-order valence-electron chi connectivity index (χ3n) is 6.53. The number of aromatic nitrogens is 1. The molecule has 0 radical (unpaired) electrons. The summed E-state index contributed by atoms with van der Waals surface area (Å²) in [5, 5.41) is 2.10. The van der Waals surface area contributed by atoms with Crippen LogP contribution in [0.1, 0.15) is 12.8 Å². The van der Waals surface area contributed by atoms with E-state index in [-0.39, 0.29) is 11.7 Å². The van der Waals surface area contributed by atoms with Crippen LogP contribution in [0.3, 0.4) is 0 Å². The van der Waals surface area contributed by atoms with Gasteiger partial charge < -0.3 is 4.74 Å². The van der Waals surface area contributed by atoms with E-state index in [1.165, 1.54) is 0 Å². The number of amides is 1. The molecular formula is C22H21N3O2S. The van der Waals surface area contributed by atoms with Crippen molar-refractivity contribution in [2.45, 2.75) is 18.4 Å². The van der Waals surface area contributed by atoms with Crippen LogP contribution in [0.2, 0.25) is 0 Å². The number of nitrogens with zero attached hydrogens (tertiary/aromatic N) is 3. The van der Waals surface area contributed by atoms with Gasteiger partial charge in [-0.2, -0.15) is 0 Å². The lowest BCUT2D eigenvalue weighted by Crippen LogP contribution is -2.61. The van der Waals surface area contributed by atoms with E-state index in [2.05, 4.69) is 34.1 Å². The lowest BCUT2D eigenvalue weighted by atomic mass is 9.75. The quantitative estimate of drug-likeness (QED) is 0.650. The summed E-state index contributed by atoms with van der Waals surface area (Å²) in [6.45, 7) is 3.83. The molecule has 0 saturated carbocycles. The number of benzene rings is 1. The van der Waals surface area contributed by atoms with Crippen LogP contribution < -0.4 is 4.90 Å². The fourth-order valence-electron chi connectivity index (χ4n) is 5.12. The Hall–Kier alpha value is -2.44. The molecule has 1 amide bonds. The van der Waals surface area contributed by atoms with Crippen molar-refractivity contribution in [1.29, 1.82) is 0 Å². The van der Waals surface area contributed by atoms with Gasteiger partial charge in [-0.05, 0) is 50.2 Å². The van der Waals surface area contributed by atoms with Gasteiger partial charge >= 0.3 is 6.09 Å². The first-order valence-corrected chi connectivity index (χ1v) is 10.7. The van der Waals surface area contributed by atoms with Crippen molar-refractivity contribution in [3.8, 4) is 10.4 Å². The predicted molar refractivity (Wildman–Crippen MR) is 111 cm³/mol. The topological polar surface area (TPSA) is 45.7 Å². The highest BCUT2D eigenvalue weighted by Gasteiger charge is 2.55. The largest absolute Gasteiger partial charge is 0.439 e. The molecule has 4 fully saturated rings. The maximum atomic E-state index is 12.8. The second-order valence-electron chi connectivity index (χ2n) is 8.08. The van der Waals surface area contributed by atoms with Crippen LogP contribution in [-0.2, 0) is 4.74 Å². The summed E-state index contributed by atoms with van der Waals surface area (Å²) in [6, 6.07) is 14.4. The third kappa shape index (κ3) is 2.41. The van der Waals surface area contributed by atoms with Crippen LogP contribution in [0.15, 0.2) is 48.7 Å². The summed E-state index contributed by atoms with van der Waals surface area (Å²) in [7, 11) is 0. The summed E-state index contributed by atoms with van der Waals surface area (Å²) in [4.78, 5) is 22.7. The Morgan fingerprint density at radius 3 is 2.79 bits per heavy atom. The number of ether oxygens (including phenoxy) is 1. The zero-order valence-electron chi connectivity index (χ0n) is 15.5. The van der Waals surface area contributed by atoms with Gasteiger partial charge in [-0.25, -0.2) is 4.79 Å². The standard InChI is InChI=1S/C22H21N3O2S/c26-21-25(14-22(27-21)13-24-11-8-15(22)9-12-24)20-7-6-19(28-20)17-3-1-5-18-16(17)4-2-10-23-18/h1-7,10,15H,8-9,11-14H2/t22-/m1/s1.